The van der Waals surface area contributed by atoms with E-state index in [1.54, 1.807) is 0 Å². The minimum Gasteiger partial charge on any atom is -0.373 e. The molecule has 0 radical (unpaired) electrons. The highest BCUT2D eigenvalue weighted by Crippen LogP contribution is 2.30. The summed E-state index contributed by atoms with van der Waals surface area (Å²) in [6, 6.07) is 0.407. The van der Waals surface area contributed by atoms with Crippen LogP contribution < -0.4 is 5.32 Å². The van der Waals surface area contributed by atoms with Crippen LogP contribution in [0.2, 0.25) is 0 Å². The molecule has 2 saturated heterocycles. The smallest absolute Gasteiger partial charge is 0.101 e. The van der Waals surface area contributed by atoms with Crippen LogP contribution in [-0.4, -0.2) is 38.5 Å². The van der Waals surface area contributed by atoms with E-state index in [2.05, 4.69) is 12.2 Å². The molecule has 4 atom stereocenters. The molecule has 1 N–H and O–H groups in total. The van der Waals surface area contributed by atoms with E-state index in [0.717, 1.165) is 13.2 Å². The van der Waals surface area contributed by atoms with Crippen LogP contribution in [0.1, 0.15) is 6.92 Å². The van der Waals surface area contributed by atoms with Crippen molar-refractivity contribution in [1.29, 1.82) is 0 Å². The van der Waals surface area contributed by atoms with Crippen molar-refractivity contribution in [3.8, 4) is 0 Å². The van der Waals surface area contributed by atoms with Gasteiger partial charge in [-0.2, -0.15) is 0 Å². The first kappa shape index (κ1) is 7.53. The summed E-state index contributed by atoms with van der Waals surface area (Å²) in [6.07, 6.45) is 0.641. The van der Waals surface area contributed by atoms with E-state index in [1.165, 1.54) is 0 Å². The Kier molecular flexibility index (Phi) is 1.87. The molecule has 2 aliphatic heterocycles. The minimum atomic E-state index is 0.301. The number of hydrogen-bond acceptors (Lipinski definition) is 3. The van der Waals surface area contributed by atoms with Crippen molar-refractivity contribution in [2.24, 2.45) is 5.92 Å². The highest BCUT2D eigenvalue weighted by atomic mass is 16.6. The topological polar surface area (TPSA) is 30.5 Å². The van der Waals surface area contributed by atoms with Crippen molar-refractivity contribution in [1.82, 2.24) is 5.32 Å². The predicted molar refractivity (Wildman–Crippen MR) is 41.5 cm³/mol. The van der Waals surface area contributed by atoms with Crippen LogP contribution in [0.5, 0.6) is 0 Å². The fourth-order valence-corrected chi connectivity index (χ4v) is 1.94. The molecule has 0 bridgehead atoms. The Hall–Kier alpha value is -0.120. The van der Waals surface area contributed by atoms with Gasteiger partial charge in [-0.15, -0.1) is 0 Å². The average Bonchev–Trinajstić information content (AvgIpc) is 2.53. The van der Waals surface area contributed by atoms with Crippen molar-refractivity contribution < 1.29 is 9.47 Å². The second-order valence-corrected chi connectivity index (χ2v) is 3.47. The number of likely N-dealkylation sites (N-methyl/N-ethyl adjacent to an activating group) is 1. The Morgan fingerprint density at radius 3 is 2.64 bits per heavy atom. The molecule has 3 heteroatoms. The van der Waals surface area contributed by atoms with Gasteiger partial charge in [0.05, 0.1) is 25.4 Å². The van der Waals surface area contributed by atoms with Gasteiger partial charge in [0.15, 0.2) is 0 Å². The first-order valence-corrected chi connectivity index (χ1v) is 4.23. The molecule has 0 aromatic rings. The molecule has 2 unspecified atom stereocenters. The van der Waals surface area contributed by atoms with E-state index in [4.69, 9.17) is 9.47 Å². The predicted octanol–water partition coefficient (Wildman–Crippen LogP) is 0.00810. The summed E-state index contributed by atoms with van der Waals surface area (Å²) < 4.78 is 11.2. The van der Waals surface area contributed by atoms with Crippen molar-refractivity contribution >= 4 is 0 Å². The molecule has 64 valence electrons. The standard InChI is InChI=1S/C8H15NO2/c1-5-3-10-8-6(9-2)4-11-7(5)8/h5-9H,3-4H2,1-2H3/t5-,6-,7?,8?/m1/s1. The molecule has 2 heterocycles. The van der Waals surface area contributed by atoms with Crippen LogP contribution in [0.25, 0.3) is 0 Å². The summed E-state index contributed by atoms with van der Waals surface area (Å²) in [5, 5.41) is 3.21. The molecule has 11 heavy (non-hydrogen) atoms. The van der Waals surface area contributed by atoms with E-state index in [9.17, 15) is 0 Å². The maximum absolute atomic E-state index is 5.61. The molecular weight excluding hydrogens is 142 g/mol. The van der Waals surface area contributed by atoms with Crippen LogP contribution in [0.3, 0.4) is 0 Å². The first-order valence-electron chi connectivity index (χ1n) is 4.23. The third kappa shape index (κ3) is 1.08. The molecule has 0 aromatic heterocycles. The summed E-state index contributed by atoms with van der Waals surface area (Å²) in [5.74, 6) is 0.568. The highest BCUT2D eigenvalue weighted by Gasteiger charge is 2.44. The Balaban J connectivity index is 2.04. The van der Waals surface area contributed by atoms with E-state index in [0.29, 0.717) is 24.2 Å². The lowest BCUT2D eigenvalue weighted by molar-refractivity contribution is 0.0642. The minimum absolute atomic E-state index is 0.301. The summed E-state index contributed by atoms with van der Waals surface area (Å²) in [7, 11) is 1.96. The molecule has 2 rings (SSSR count). The maximum atomic E-state index is 5.61. The average molecular weight is 157 g/mol. The normalized spacial score (nSPS) is 49.6. The molecule has 0 spiro atoms. The van der Waals surface area contributed by atoms with Gasteiger partial charge in [0.25, 0.3) is 0 Å². The second kappa shape index (κ2) is 2.73. The molecule has 2 fully saturated rings. The lowest BCUT2D eigenvalue weighted by Gasteiger charge is -2.14. The molecule has 0 aliphatic carbocycles. The van der Waals surface area contributed by atoms with E-state index in [1.807, 2.05) is 7.05 Å². The zero-order valence-electron chi connectivity index (χ0n) is 7.04. The quantitative estimate of drug-likeness (QED) is 0.581. The summed E-state index contributed by atoms with van der Waals surface area (Å²) in [6.45, 7) is 3.84. The Morgan fingerprint density at radius 2 is 1.91 bits per heavy atom. The van der Waals surface area contributed by atoms with Crippen LogP contribution >= 0.6 is 0 Å². The molecular formula is C8H15NO2. The lowest BCUT2D eigenvalue weighted by atomic mass is 10.0. The summed E-state index contributed by atoms with van der Waals surface area (Å²) in [5.41, 5.74) is 0. The molecule has 2 aliphatic rings. The van der Waals surface area contributed by atoms with E-state index < -0.39 is 0 Å². The van der Waals surface area contributed by atoms with Gasteiger partial charge < -0.3 is 14.8 Å². The van der Waals surface area contributed by atoms with Crippen molar-refractivity contribution in [3.05, 3.63) is 0 Å². The van der Waals surface area contributed by atoms with E-state index >= 15 is 0 Å². The third-order valence-electron chi connectivity index (χ3n) is 2.67. The zero-order chi connectivity index (χ0) is 7.84. The van der Waals surface area contributed by atoms with Gasteiger partial charge >= 0.3 is 0 Å². The summed E-state index contributed by atoms with van der Waals surface area (Å²) >= 11 is 0. The van der Waals surface area contributed by atoms with Gasteiger partial charge in [0.2, 0.25) is 0 Å². The van der Waals surface area contributed by atoms with Gasteiger partial charge in [-0.05, 0) is 7.05 Å². The van der Waals surface area contributed by atoms with Crippen LogP contribution in [-0.2, 0) is 9.47 Å². The lowest BCUT2D eigenvalue weighted by Crippen LogP contribution is -2.38. The van der Waals surface area contributed by atoms with Crippen molar-refractivity contribution in [3.63, 3.8) is 0 Å². The van der Waals surface area contributed by atoms with E-state index in [-0.39, 0.29) is 0 Å². The van der Waals surface area contributed by atoms with Crippen LogP contribution in [0.15, 0.2) is 0 Å². The molecule has 3 nitrogen and oxygen atoms in total. The Labute approximate surface area is 67.1 Å². The molecule has 0 amide bonds. The highest BCUT2D eigenvalue weighted by molar-refractivity contribution is 4.95. The van der Waals surface area contributed by atoms with Gasteiger partial charge in [-0.3, -0.25) is 0 Å². The first-order chi connectivity index (χ1) is 5.33. The number of rotatable bonds is 1. The van der Waals surface area contributed by atoms with Crippen LogP contribution in [0, 0.1) is 5.92 Å². The fourth-order valence-electron chi connectivity index (χ4n) is 1.94. The number of nitrogens with one attached hydrogen (secondary N) is 1. The maximum Gasteiger partial charge on any atom is 0.101 e. The monoisotopic (exact) mass is 157 g/mol. The van der Waals surface area contributed by atoms with Crippen molar-refractivity contribution in [2.75, 3.05) is 20.3 Å². The molecule has 0 aromatic carbocycles. The largest absolute Gasteiger partial charge is 0.373 e. The van der Waals surface area contributed by atoms with Gasteiger partial charge in [0, 0.05) is 5.92 Å². The number of fused-ring (bicyclic) bond motifs is 1. The SMILES string of the molecule is CN[C@@H]1COC2C1OC[C@H]2C. The van der Waals surface area contributed by atoms with Gasteiger partial charge in [0.1, 0.15) is 6.10 Å². The zero-order valence-corrected chi connectivity index (χ0v) is 7.04. The Bertz CT molecular complexity index is 151. The molecule has 0 saturated carbocycles. The van der Waals surface area contributed by atoms with Gasteiger partial charge in [-0.25, -0.2) is 0 Å². The third-order valence-corrected chi connectivity index (χ3v) is 2.67. The second-order valence-electron chi connectivity index (χ2n) is 3.47. The fraction of sp³-hybridized carbons (Fsp3) is 1.00. The van der Waals surface area contributed by atoms with Crippen LogP contribution in [0.4, 0.5) is 0 Å². The number of hydrogen-bond donors (Lipinski definition) is 1. The Morgan fingerprint density at radius 1 is 1.18 bits per heavy atom. The number of ether oxygens (including phenoxy) is 2. The van der Waals surface area contributed by atoms with Crippen molar-refractivity contribution in [2.45, 2.75) is 25.2 Å². The summed E-state index contributed by atoms with van der Waals surface area (Å²) in [4.78, 5) is 0. The van der Waals surface area contributed by atoms with Gasteiger partial charge in [-0.1, -0.05) is 6.92 Å².